The average Bonchev–Trinajstić information content (AvgIpc) is 2.74. The van der Waals surface area contributed by atoms with E-state index in [1.54, 1.807) is 18.3 Å². The maximum Gasteiger partial charge on any atom is 0.321 e. The molecule has 0 radical (unpaired) electrons. The van der Waals surface area contributed by atoms with Gasteiger partial charge in [-0.25, -0.2) is 14.8 Å². The van der Waals surface area contributed by atoms with Gasteiger partial charge < -0.3 is 5.32 Å². The predicted molar refractivity (Wildman–Crippen MR) is 84.8 cm³/mol. The van der Waals surface area contributed by atoms with Crippen molar-refractivity contribution in [3.8, 4) is 0 Å². The van der Waals surface area contributed by atoms with Crippen molar-refractivity contribution >= 4 is 45.3 Å². The summed E-state index contributed by atoms with van der Waals surface area (Å²) in [6.07, 6.45) is 1.50. The lowest BCUT2D eigenvalue weighted by Gasteiger charge is -2.11. The highest BCUT2D eigenvalue weighted by Gasteiger charge is 2.20. The van der Waals surface area contributed by atoms with Crippen LogP contribution in [0.1, 0.15) is 17.4 Å². The molecule has 1 atom stereocenters. The molecule has 2 heterocycles. The number of rotatable bonds is 3. The molecule has 0 aliphatic rings. The number of nitrogens with one attached hydrogen (secondary N) is 2. The topological polar surface area (TPSA) is 84.0 Å². The Labute approximate surface area is 130 Å². The first-order valence-electron chi connectivity index (χ1n) is 6.34. The van der Waals surface area contributed by atoms with Gasteiger partial charge in [0.05, 0.1) is 5.25 Å². The molecule has 21 heavy (non-hydrogen) atoms. The van der Waals surface area contributed by atoms with E-state index in [1.165, 1.54) is 30.0 Å². The summed E-state index contributed by atoms with van der Waals surface area (Å²) in [5.74, 6) is -0.351. The highest BCUT2D eigenvalue weighted by atomic mass is 32.2. The molecule has 3 amide bonds. The van der Waals surface area contributed by atoms with Crippen LogP contribution in [0.25, 0.3) is 10.2 Å². The lowest BCUT2D eigenvalue weighted by atomic mass is 10.2. The minimum absolute atomic E-state index is 0.351. The molecule has 0 bridgehead atoms. The molecular formula is C13H16N4O2S2. The molecule has 2 rings (SSSR count). The molecule has 112 valence electrons. The monoisotopic (exact) mass is 324 g/mol. The number of hydrogen-bond donors (Lipinski definition) is 2. The Hall–Kier alpha value is -1.67. The van der Waals surface area contributed by atoms with Crippen molar-refractivity contribution in [2.75, 3.05) is 7.05 Å². The summed E-state index contributed by atoms with van der Waals surface area (Å²) < 4.78 is 0. The number of imide groups is 1. The number of thiophene rings is 1. The summed E-state index contributed by atoms with van der Waals surface area (Å²) in [5.41, 5.74) is 1.14. The molecule has 6 nitrogen and oxygen atoms in total. The SMILES string of the molecule is CNC(=O)NC(=O)[C@H](C)Sc1ncnc2sc(C)c(C)c12. The van der Waals surface area contributed by atoms with E-state index >= 15 is 0 Å². The number of carbonyl (C=O) groups is 2. The number of hydrogen-bond acceptors (Lipinski definition) is 6. The lowest BCUT2D eigenvalue weighted by Crippen LogP contribution is -2.41. The molecule has 0 aromatic carbocycles. The van der Waals surface area contributed by atoms with E-state index in [2.05, 4.69) is 20.6 Å². The second-order valence-corrected chi connectivity index (χ2v) is 7.00. The fourth-order valence-corrected chi connectivity index (χ4v) is 3.77. The van der Waals surface area contributed by atoms with E-state index in [1.807, 2.05) is 13.8 Å². The Morgan fingerprint density at radius 2 is 2.05 bits per heavy atom. The highest BCUT2D eigenvalue weighted by Crippen LogP contribution is 2.35. The first-order chi connectivity index (χ1) is 9.93. The number of carbonyl (C=O) groups excluding carboxylic acids is 2. The number of thioether (sulfide) groups is 1. The third-order valence-corrected chi connectivity index (χ3v) is 5.27. The third-order valence-electron chi connectivity index (χ3n) is 3.05. The lowest BCUT2D eigenvalue weighted by molar-refractivity contribution is -0.119. The van der Waals surface area contributed by atoms with Gasteiger partial charge in [0.2, 0.25) is 5.91 Å². The molecule has 0 spiro atoms. The molecule has 0 unspecified atom stereocenters. The summed E-state index contributed by atoms with van der Waals surface area (Å²) in [5, 5.41) is 5.94. The van der Waals surface area contributed by atoms with Gasteiger partial charge in [-0.2, -0.15) is 0 Å². The van der Waals surface area contributed by atoms with Crippen LogP contribution in [0.4, 0.5) is 4.79 Å². The second kappa shape index (κ2) is 6.40. The van der Waals surface area contributed by atoms with Gasteiger partial charge in [0.15, 0.2) is 0 Å². The van der Waals surface area contributed by atoms with Gasteiger partial charge in [-0.15, -0.1) is 11.3 Å². The number of nitrogens with zero attached hydrogens (tertiary/aromatic N) is 2. The number of aromatic nitrogens is 2. The number of aryl methyl sites for hydroxylation is 2. The molecule has 8 heteroatoms. The van der Waals surface area contributed by atoms with Crippen molar-refractivity contribution in [1.29, 1.82) is 0 Å². The Balaban J connectivity index is 2.23. The average molecular weight is 324 g/mol. The van der Waals surface area contributed by atoms with Crippen LogP contribution in [0.2, 0.25) is 0 Å². The Morgan fingerprint density at radius 1 is 1.33 bits per heavy atom. The largest absolute Gasteiger partial charge is 0.341 e. The van der Waals surface area contributed by atoms with Gasteiger partial charge in [-0.1, -0.05) is 11.8 Å². The zero-order valence-corrected chi connectivity index (χ0v) is 13.8. The number of amides is 3. The van der Waals surface area contributed by atoms with Gasteiger partial charge in [0.25, 0.3) is 0 Å². The van der Waals surface area contributed by atoms with Crippen molar-refractivity contribution < 1.29 is 9.59 Å². The van der Waals surface area contributed by atoms with Crippen molar-refractivity contribution in [2.24, 2.45) is 0 Å². The number of urea groups is 1. The highest BCUT2D eigenvalue weighted by molar-refractivity contribution is 8.00. The van der Waals surface area contributed by atoms with Crippen LogP contribution in [0.3, 0.4) is 0 Å². The predicted octanol–water partition coefficient (Wildman–Crippen LogP) is 2.24. The summed E-state index contributed by atoms with van der Waals surface area (Å²) in [7, 11) is 1.46. The quantitative estimate of drug-likeness (QED) is 0.668. The fraction of sp³-hybridized carbons (Fsp3) is 0.385. The van der Waals surface area contributed by atoms with E-state index in [9.17, 15) is 9.59 Å². The molecule has 0 aliphatic carbocycles. The van der Waals surface area contributed by atoms with Crippen LogP contribution in [0.15, 0.2) is 11.4 Å². The summed E-state index contributed by atoms with van der Waals surface area (Å²) in [4.78, 5) is 33.7. The minimum atomic E-state index is -0.511. The Bertz CT molecular complexity index is 699. The number of fused-ring (bicyclic) bond motifs is 1. The molecular weight excluding hydrogens is 308 g/mol. The van der Waals surface area contributed by atoms with Crippen LogP contribution in [0, 0.1) is 13.8 Å². The van der Waals surface area contributed by atoms with Crippen LogP contribution in [-0.2, 0) is 4.79 Å². The van der Waals surface area contributed by atoms with E-state index in [0.717, 1.165) is 20.8 Å². The van der Waals surface area contributed by atoms with E-state index < -0.39 is 11.3 Å². The maximum absolute atomic E-state index is 11.9. The summed E-state index contributed by atoms with van der Waals surface area (Å²) in [6, 6.07) is -0.511. The van der Waals surface area contributed by atoms with Crippen LogP contribution in [0.5, 0.6) is 0 Å². The molecule has 0 aliphatic heterocycles. The van der Waals surface area contributed by atoms with Gasteiger partial charge in [-0.05, 0) is 26.3 Å². The molecule has 0 saturated heterocycles. The van der Waals surface area contributed by atoms with E-state index in [-0.39, 0.29) is 5.91 Å². The van der Waals surface area contributed by atoms with Gasteiger partial charge in [0.1, 0.15) is 16.2 Å². The smallest absolute Gasteiger partial charge is 0.321 e. The van der Waals surface area contributed by atoms with Crippen molar-refractivity contribution in [1.82, 2.24) is 20.6 Å². The first-order valence-corrected chi connectivity index (χ1v) is 8.03. The van der Waals surface area contributed by atoms with Crippen LogP contribution < -0.4 is 10.6 Å². The van der Waals surface area contributed by atoms with Gasteiger partial charge in [0, 0.05) is 17.3 Å². The van der Waals surface area contributed by atoms with E-state index in [0.29, 0.717) is 0 Å². The van der Waals surface area contributed by atoms with Crippen molar-refractivity contribution in [3.05, 3.63) is 16.8 Å². The standard InChI is InChI=1S/C13H16N4O2S2/c1-6-7(2)20-11-9(6)12(16-5-15-11)21-8(3)10(18)17-13(19)14-4/h5,8H,1-4H3,(H2,14,17,18,19)/t8-/m0/s1. The zero-order valence-electron chi connectivity index (χ0n) is 12.2. The summed E-state index contributed by atoms with van der Waals surface area (Å²) in [6.45, 7) is 5.81. The Kier molecular flexibility index (Phi) is 4.79. The molecule has 2 N–H and O–H groups in total. The maximum atomic E-state index is 11.9. The zero-order chi connectivity index (χ0) is 15.6. The molecule has 2 aromatic rings. The normalized spacial score (nSPS) is 12.2. The fourth-order valence-electron chi connectivity index (χ4n) is 1.74. The first kappa shape index (κ1) is 15.7. The third kappa shape index (κ3) is 3.33. The second-order valence-electron chi connectivity index (χ2n) is 4.47. The molecule has 2 aromatic heterocycles. The minimum Gasteiger partial charge on any atom is -0.341 e. The summed E-state index contributed by atoms with van der Waals surface area (Å²) >= 11 is 2.94. The van der Waals surface area contributed by atoms with Crippen LogP contribution >= 0.6 is 23.1 Å². The van der Waals surface area contributed by atoms with E-state index in [4.69, 9.17) is 0 Å². The molecule has 0 fully saturated rings. The van der Waals surface area contributed by atoms with Crippen molar-refractivity contribution in [3.63, 3.8) is 0 Å². The van der Waals surface area contributed by atoms with Crippen molar-refractivity contribution in [2.45, 2.75) is 31.0 Å². The van der Waals surface area contributed by atoms with Gasteiger partial charge in [-0.3, -0.25) is 10.1 Å². The van der Waals surface area contributed by atoms with Gasteiger partial charge >= 0.3 is 6.03 Å². The molecule has 0 saturated carbocycles. The Morgan fingerprint density at radius 3 is 2.71 bits per heavy atom. The van der Waals surface area contributed by atoms with Crippen LogP contribution in [-0.4, -0.2) is 34.2 Å².